The van der Waals surface area contributed by atoms with Crippen molar-refractivity contribution in [2.24, 2.45) is 0 Å². The van der Waals surface area contributed by atoms with Gasteiger partial charge in [-0.15, -0.1) is 0 Å². The molecule has 6 heteroatoms. The third-order valence-electron chi connectivity index (χ3n) is 4.30. The molecule has 25 heavy (non-hydrogen) atoms. The molecule has 1 aliphatic heterocycles. The molecule has 132 valence electrons. The minimum absolute atomic E-state index is 0.0260. The molecule has 0 bridgehead atoms. The molecule has 1 heterocycles. The van der Waals surface area contributed by atoms with Gasteiger partial charge in [0.05, 0.1) is 12.2 Å². The van der Waals surface area contributed by atoms with E-state index in [1.165, 1.54) is 5.56 Å². The summed E-state index contributed by atoms with van der Waals surface area (Å²) in [6.07, 6.45) is 0. The van der Waals surface area contributed by atoms with E-state index in [1.54, 1.807) is 0 Å². The van der Waals surface area contributed by atoms with E-state index < -0.39 is 0 Å². The Morgan fingerprint density at radius 2 is 1.64 bits per heavy atom. The maximum absolute atomic E-state index is 12.2. The molecule has 0 aromatic heterocycles. The SMILES string of the molecule is O=C(CN1CCN(Cc2ccc(Cl)cc2)CC1)Nc1ccccc1Br. The van der Waals surface area contributed by atoms with Crippen LogP contribution in [0.5, 0.6) is 0 Å². The van der Waals surface area contributed by atoms with Crippen molar-refractivity contribution in [1.82, 2.24) is 9.80 Å². The highest BCUT2D eigenvalue weighted by Gasteiger charge is 2.19. The van der Waals surface area contributed by atoms with Crippen molar-refractivity contribution < 1.29 is 4.79 Å². The van der Waals surface area contributed by atoms with Crippen molar-refractivity contribution in [1.29, 1.82) is 0 Å². The zero-order valence-corrected chi connectivity index (χ0v) is 16.3. The minimum atomic E-state index is 0.0260. The van der Waals surface area contributed by atoms with E-state index in [0.717, 1.165) is 47.9 Å². The average molecular weight is 423 g/mol. The highest BCUT2D eigenvalue weighted by Crippen LogP contribution is 2.21. The van der Waals surface area contributed by atoms with Crippen LogP contribution in [0.1, 0.15) is 5.56 Å². The quantitative estimate of drug-likeness (QED) is 0.795. The summed E-state index contributed by atoms with van der Waals surface area (Å²) in [6.45, 7) is 5.08. The number of nitrogens with one attached hydrogen (secondary N) is 1. The Morgan fingerprint density at radius 1 is 1.00 bits per heavy atom. The van der Waals surface area contributed by atoms with Crippen LogP contribution in [0.4, 0.5) is 5.69 Å². The first-order valence-electron chi connectivity index (χ1n) is 8.34. The molecule has 1 fully saturated rings. The molecule has 4 nitrogen and oxygen atoms in total. The number of benzene rings is 2. The van der Waals surface area contributed by atoms with Gasteiger partial charge in [0.2, 0.25) is 5.91 Å². The van der Waals surface area contributed by atoms with Gasteiger partial charge < -0.3 is 5.32 Å². The van der Waals surface area contributed by atoms with E-state index in [9.17, 15) is 4.79 Å². The first-order valence-corrected chi connectivity index (χ1v) is 9.51. The summed E-state index contributed by atoms with van der Waals surface area (Å²) >= 11 is 9.38. The van der Waals surface area contributed by atoms with Crippen molar-refractivity contribution in [2.75, 3.05) is 38.0 Å². The first kappa shape index (κ1) is 18.4. The van der Waals surface area contributed by atoms with E-state index >= 15 is 0 Å². The Bertz CT molecular complexity index is 715. The predicted molar refractivity (Wildman–Crippen MR) is 106 cm³/mol. The molecule has 0 aliphatic carbocycles. The zero-order chi connectivity index (χ0) is 17.6. The van der Waals surface area contributed by atoms with Crippen molar-refractivity contribution in [2.45, 2.75) is 6.54 Å². The number of halogens is 2. The van der Waals surface area contributed by atoms with E-state index in [0.29, 0.717) is 6.54 Å². The summed E-state index contributed by atoms with van der Waals surface area (Å²) in [5, 5.41) is 3.73. The number of rotatable bonds is 5. The maximum atomic E-state index is 12.2. The highest BCUT2D eigenvalue weighted by molar-refractivity contribution is 9.10. The minimum Gasteiger partial charge on any atom is -0.324 e. The Kier molecular flexibility index (Phi) is 6.48. The van der Waals surface area contributed by atoms with Gasteiger partial charge in [0, 0.05) is 42.2 Å². The lowest BCUT2D eigenvalue weighted by Crippen LogP contribution is -2.48. The first-order chi connectivity index (χ1) is 12.1. The van der Waals surface area contributed by atoms with Gasteiger partial charge in [0.15, 0.2) is 0 Å². The number of hydrogen-bond donors (Lipinski definition) is 1. The normalized spacial score (nSPS) is 15.9. The van der Waals surface area contributed by atoms with Crippen LogP contribution in [0.15, 0.2) is 53.0 Å². The van der Waals surface area contributed by atoms with E-state index in [1.807, 2.05) is 36.4 Å². The number of carbonyl (C=O) groups excluding carboxylic acids is 1. The molecule has 0 unspecified atom stereocenters. The molecule has 1 amide bonds. The summed E-state index contributed by atoms with van der Waals surface area (Å²) in [5.74, 6) is 0.0260. The van der Waals surface area contributed by atoms with Gasteiger partial charge in [0.25, 0.3) is 0 Å². The van der Waals surface area contributed by atoms with Crippen LogP contribution in [0.3, 0.4) is 0 Å². The lowest BCUT2D eigenvalue weighted by molar-refractivity contribution is -0.117. The van der Waals surface area contributed by atoms with E-state index in [4.69, 9.17) is 11.6 Å². The van der Waals surface area contributed by atoms with Crippen LogP contribution in [0.25, 0.3) is 0 Å². The fourth-order valence-corrected chi connectivity index (χ4v) is 3.42. The molecule has 0 saturated carbocycles. The van der Waals surface area contributed by atoms with Gasteiger partial charge in [-0.25, -0.2) is 0 Å². The van der Waals surface area contributed by atoms with Gasteiger partial charge >= 0.3 is 0 Å². The molecule has 1 saturated heterocycles. The largest absolute Gasteiger partial charge is 0.324 e. The third-order valence-corrected chi connectivity index (χ3v) is 5.24. The second-order valence-electron chi connectivity index (χ2n) is 6.21. The summed E-state index contributed by atoms with van der Waals surface area (Å²) in [4.78, 5) is 16.8. The summed E-state index contributed by atoms with van der Waals surface area (Å²) < 4.78 is 0.899. The lowest BCUT2D eigenvalue weighted by atomic mass is 10.2. The molecule has 0 spiro atoms. The topological polar surface area (TPSA) is 35.6 Å². The number of amides is 1. The van der Waals surface area contributed by atoms with Crippen LogP contribution in [0, 0.1) is 0 Å². The predicted octanol–water partition coefficient (Wildman–Crippen LogP) is 3.86. The molecule has 1 aliphatic rings. The average Bonchev–Trinajstić information content (AvgIpc) is 2.61. The van der Waals surface area contributed by atoms with Crippen LogP contribution in [0.2, 0.25) is 5.02 Å². The standard InChI is InChI=1S/C19H21BrClN3O/c20-17-3-1-2-4-18(17)22-19(25)14-24-11-9-23(10-12-24)13-15-5-7-16(21)8-6-15/h1-8H,9-14H2,(H,22,25). The molecule has 1 N–H and O–H groups in total. The Labute approximate surface area is 161 Å². The fraction of sp³-hybridized carbons (Fsp3) is 0.316. The number of nitrogens with zero attached hydrogens (tertiary/aromatic N) is 2. The second-order valence-corrected chi connectivity index (χ2v) is 7.50. The Morgan fingerprint density at radius 3 is 2.32 bits per heavy atom. The van der Waals surface area contributed by atoms with Crippen molar-refractivity contribution in [3.05, 3.63) is 63.6 Å². The van der Waals surface area contributed by atoms with Gasteiger partial charge in [-0.3, -0.25) is 14.6 Å². The van der Waals surface area contributed by atoms with Crippen LogP contribution < -0.4 is 5.32 Å². The number of piperazine rings is 1. The van der Waals surface area contributed by atoms with Gasteiger partial charge in [-0.2, -0.15) is 0 Å². The van der Waals surface area contributed by atoms with Crippen LogP contribution in [-0.4, -0.2) is 48.4 Å². The van der Waals surface area contributed by atoms with E-state index in [2.05, 4.69) is 43.2 Å². The highest BCUT2D eigenvalue weighted by atomic mass is 79.9. The van der Waals surface area contributed by atoms with Gasteiger partial charge in [0.1, 0.15) is 0 Å². The number of hydrogen-bond acceptors (Lipinski definition) is 3. The number of para-hydroxylation sites is 1. The van der Waals surface area contributed by atoms with Gasteiger partial charge in [-0.1, -0.05) is 35.9 Å². The molecule has 2 aromatic carbocycles. The smallest absolute Gasteiger partial charge is 0.238 e. The summed E-state index contributed by atoms with van der Waals surface area (Å²) in [6, 6.07) is 15.7. The molecule has 2 aromatic rings. The summed E-state index contributed by atoms with van der Waals surface area (Å²) in [5.41, 5.74) is 2.08. The van der Waals surface area contributed by atoms with Gasteiger partial charge in [-0.05, 0) is 45.8 Å². The second kappa shape index (κ2) is 8.81. The van der Waals surface area contributed by atoms with Crippen molar-refractivity contribution in [3.63, 3.8) is 0 Å². The Hall–Kier alpha value is -1.40. The zero-order valence-electron chi connectivity index (χ0n) is 13.9. The molecule has 0 atom stereocenters. The maximum Gasteiger partial charge on any atom is 0.238 e. The van der Waals surface area contributed by atoms with Crippen LogP contribution >= 0.6 is 27.5 Å². The Balaban J connectivity index is 1.43. The molecule has 3 rings (SSSR count). The van der Waals surface area contributed by atoms with Crippen molar-refractivity contribution in [3.8, 4) is 0 Å². The van der Waals surface area contributed by atoms with Crippen LogP contribution in [-0.2, 0) is 11.3 Å². The third kappa shape index (κ3) is 5.54. The van der Waals surface area contributed by atoms with E-state index in [-0.39, 0.29) is 5.91 Å². The molecule has 0 radical (unpaired) electrons. The monoisotopic (exact) mass is 421 g/mol. The lowest BCUT2D eigenvalue weighted by Gasteiger charge is -2.34. The number of carbonyl (C=O) groups is 1. The number of anilines is 1. The summed E-state index contributed by atoms with van der Waals surface area (Å²) in [7, 11) is 0. The molecular formula is C19H21BrClN3O. The fourth-order valence-electron chi connectivity index (χ4n) is 2.91. The molecular weight excluding hydrogens is 402 g/mol. The van der Waals surface area contributed by atoms with Crippen molar-refractivity contribution >= 4 is 39.1 Å².